The number of rotatable bonds is 5. The van der Waals surface area contributed by atoms with E-state index in [1.165, 1.54) is 44.9 Å². The molecule has 1 aliphatic carbocycles. The highest BCUT2D eigenvalue weighted by Crippen LogP contribution is 2.33. The van der Waals surface area contributed by atoms with E-state index in [2.05, 4.69) is 13.8 Å². The molecule has 2 N–H and O–H groups in total. The summed E-state index contributed by atoms with van der Waals surface area (Å²) in [4.78, 5) is 0. The van der Waals surface area contributed by atoms with Gasteiger partial charge in [0.25, 0.3) is 0 Å². The van der Waals surface area contributed by atoms with E-state index in [-0.39, 0.29) is 0 Å². The van der Waals surface area contributed by atoms with Gasteiger partial charge in [0, 0.05) is 6.04 Å². The van der Waals surface area contributed by atoms with E-state index in [9.17, 15) is 0 Å². The Labute approximate surface area is 89.5 Å². The van der Waals surface area contributed by atoms with Gasteiger partial charge in [0.05, 0.1) is 0 Å². The van der Waals surface area contributed by atoms with E-state index < -0.39 is 0 Å². The topological polar surface area (TPSA) is 26.0 Å². The minimum Gasteiger partial charge on any atom is -0.328 e. The smallest absolute Gasteiger partial charge is 0.00363 e. The summed E-state index contributed by atoms with van der Waals surface area (Å²) < 4.78 is 0. The molecule has 0 aromatic heterocycles. The van der Waals surface area contributed by atoms with Crippen LogP contribution in [0.15, 0.2) is 0 Å². The molecule has 1 nitrogen and oxygen atoms in total. The summed E-state index contributed by atoms with van der Waals surface area (Å²) in [6.45, 7) is 4.53. The lowest BCUT2D eigenvalue weighted by Gasteiger charge is -2.29. The number of hydrogen-bond donors (Lipinski definition) is 1. The van der Waals surface area contributed by atoms with Crippen LogP contribution in [0.2, 0.25) is 0 Å². The molecule has 84 valence electrons. The lowest BCUT2D eigenvalue weighted by atomic mass is 9.78. The van der Waals surface area contributed by atoms with Crippen molar-refractivity contribution in [2.24, 2.45) is 17.6 Å². The van der Waals surface area contributed by atoms with Crippen LogP contribution in [-0.2, 0) is 0 Å². The first-order valence-corrected chi connectivity index (χ1v) is 6.51. The Hall–Kier alpha value is -0.0400. The largest absolute Gasteiger partial charge is 0.328 e. The molecule has 3 unspecified atom stereocenters. The van der Waals surface area contributed by atoms with Gasteiger partial charge >= 0.3 is 0 Å². The Kier molecular flexibility index (Phi) is 5.54. The minimum atomic E-state index is 0.456. The Morgan fingerprint density at radius 2 is 1.93 bits per heavy atom. The first-order valence-electron chi connectivity index (χ1n) is 6.51. The molecule has 0 aromatic carbocycles. The van der Waals surface area contributed by atoms with Crippen LogP contribution in [0.1, 0.15) is 65.2 Å². The molecule has 1 aliphatic rings. The fraction of sp³-hybridized carbons (Fsp3) is 1.00. The zero-order chi connectivity index (χ0) is 10.4. The highest BCUT2D eigenvalue weighted by Gasteiger charge is 2.20. The molecule has 0 aliphatic heterocycles. The molecule has 0 heterocycles. The molecule has 0 amide bonds. The summed E-state index contributed by atoms with van der Waals surface area (Å²) in [5, 5.41) is 0. The Morgan fingerprint density at radius 3 is 2.57 bits per heavy atom. The van der Waals surface area contributed by atoms with Gasteiger partial charge in [-0.1, -0.05) is 39.5 Å². The molecule has 0 radical (unpaired) electrons. The summed E-state index contributed by atoms with van der Waals surface area (Å²) in [5.41, 5.74) is 5.96. The summed E-state index contributed by atoms with van der Waals surface area (Å²) >= 11 is 0. The molecule has 3 atom stereocenters. The van der Waals surface area contributed by atoms with Crippen LogP contribution >= 0.6 is 0 Å². The quantitative estimate of drug-likeness (QED) is 0.714. The third-order valence-corrected chi connectivity index (χ3v) is 3.94. The second-order valence-electron chi connectivity index (χ2n) is 5.05. The zero-order valence-corrected chi connectivity index (χ0v) is 9.97. The molecule has 0 aromatic rings. The van der Waals surface area contributed by atoms with Gasteiger partial charge in [-0.25, -0.2) is 0 Å². The van der Waals surface area contributed by atoms with Crippen molar-refractivity contribution < 1.29 is 0 Å². The molecular weight excluding hydrogens is 170 g/mol. The maximum atomic E-state index is 5.96. The minimum absolute atomic E-state index is 0.456. The molecule has 1 fully saturated rings. The fourth-order valence-corrected chi connectivity index (χ4v) is 2.69. The van der Waals surface area contributed by atoms with Gasteiger partial charge in [-0.15, -0.1) is 0 Å². The van der Waals surface area contributed by atoms with Gasteiger partial charge < -0.3 is 5.73 Å². The van der Waals surface area contributed by atoms with Crippen molar-refractivity contribution in [1.82, 2.24) is 0 Å². The summed E-state index contributed by atoms with van der Waals surface area (Å²) in [7, 11) is 0. The molecule has 1 saturated carbocycles. The van der Waals surface area contributed by atoms with Crippen LogP contribution < -0.4 is 5.73 Å². The first-order chi connectivity index (χ1) is 6.76. The van der Waals surface area contributed by atoms with Crippen LogP contribution in [0.25, 0.3) is 0 Å². The van der Waals surface area contributed by atoms with Gasteiger partial charge in [-0.2, -0.15) is 0 Å². The fourth-order valence-electron chi connectivity index (χ4n) is 2.69. The monoisotopic (exact) mass is 197 g/mol. The zero-order valence-electron chi connectivity index (χ0n) is 9.97. The van der Waals surface area contributed by atoms with Crippen LogP contribution in [0.5, 0.6) is 0 Å². The van der Waals surface area contributed by atoms with Crippen molar-refractivity contribution in [1.29, 1.82) is 0 Å². The van der Waals surface area contributed by atoms with Gasteiger partial charge in [-0.3, -0.25) is 0 Å². The van der Waals surface area contributed by atoms with Gasteiger partial charge in [0.2, 0.25) is 0 Å². The predicted molar refractivity (Wildman–Crippen MR) is 63.2 cm³/mol. The molecule has 0 saturated heterocycles. The van der Waals surface area contributed by atoms with Crippen LogP contribution in [0.4, 0.5) is 0 Å². The van der Waals surface area contributed by atoms with E-state index in [4.69, 9.17) is 5.73 Å². The highest BCUT2D eigenvalue weighted by molar-refractivity contribution is 4.73. The standard InChI is InChI=1S/C13H27N/c1-3-11-6-5-7-12(10-11)8-9-13(14)4-2/h11-13H,3-10,14H2,1-2H3. The molecule has 1 rings (SSSR count). The Bertz CT molecular complexity index is 144. The number of nitrogens with two attached hydrogens (primary N) is 1. The van der Waals surface area contributed by atoms with Crippen LogP contribution in [0, 0.1) is 11.8 Å². The van der Waals surface area contributed by atoms with E-state index in [1.54, 1.807) is 0 Å². The lowest BCUT2D eigenvalue weighted by molar-refractivity contribution is 0.242. The van der Waals surface area contributed by atoms with Crippen molar-refractivity contribution in [3.05, 3.63) is 0 Å². The van der Waals surface area contributed by atoms with E-state index in [1.807, 2.05) is 0 Å². The maximum Gasteiger partial charge on any atom is 0.00363 e. The predicted octanol–water partition coefficient (Wildman–Crippen LogP) is 3.72. The van der Waals surface area contributed by atoms with E-state index >= 15 is 0 Å². The van der Waals surface area contributed by atoms with Crippen LogP contribution in [0.3, 0.4) is 0 Å². The van der Waals surface area contributed by atoms with Crippen molar-refractivity contribution in [3.8, 4) is 0 Å². The molecule has 1 heteroatoms. The molecule has 14 heavy (non-hydrogen) atoms. The van der Waals surface area contributed by atoms with Crippen molar-refractivity contribution >= 4 is 0 Å². The first kappa shape index (κ1) is 12.0. The third kappa shape index (κ3) is 4.00. The van der Waals surface area contributed by atoms with Crippen molar-refractivity contribution in [2.75, 3.05) is 0 Å². The van der Waals surface area contributed by atoms with Crippen LogP contribution in [-0.4, -0.2) is 6.04 Å². The van der Waals surface area contributed by atoms with Gasteiger partial charge in [-0.05, 0) is 37.5 Å². The van der Waals surface area contributed by atoms with E-state index in [0.717, 1.165) is 18.3 Å². The molecule has 0 spiro atoms. The van der Waals surface area contributed by atoms with Gasteiger partial charge in [0.15, 0.2) is 0 Å². The summed E-state index contributed by atoms with van der Waals surface area (Å²) in [6, 6.07) is 0.456. The van der Waals surface area contributed by atoms with Crippen molar-refractivity contribution in [2.45, 2.75) is 71.3 Å². The normalized spacial score (nSPS) is 30.2. The summed E-state index contributed by atoms with van der Waals surface area (Å²) in [6.07, 6.45) is 11.0. The maximum absolute atomic E-state index is 5.96. The molecule has 0 bridgehead atoms. The SMILES string of the molecule is CCC(N)CCC1CCCC(CC)C1. The second kappa shape index (κ2) is 6.44. The average Bonchev–Trinajstić information content (AvgIpc) is 2.26. The highest BCUT2D eigenvalue weighted by atomic mass is 14.6. The Morgan fingerprint density at radius 1 is 1.21 bits per heavy atom. The summed E-state index contributed by atoms with van der Waals surface area (Å²) in [5.74, 6) is 2.01. The lowest BCUT2D eigenvalue weighted by Crippen LogP contribution is -2.22. The average molecular weight is 197 g/mol. The number of hydrogen-bond acceptors (Lipinski definition) is 1. The Balaban J connectivity index is 2.17. The molecular formula is C13H27N. The third-order valence-electron chi connectivity index (χ3n) is 3.94. The van der Waals surface area contributed by atoms with E-state index in [0.29, 0.717) is 6.04 Å². The van der Waals surface area contributed by atoms with Gasteiger partial charge in [0.1, 0.15) is 0 Å². The second-order valence-corrected chi connectivity index (χ2v) is 5.05. The van der Waals surface area contributed by atoms with Crippen molar-refractivity contribution in [3.63, 3.8) is 0 Å².